The van der Waals surface area contributed by atoms with Crippen LogP contribution in [-0.4, -0.2) is 30.3 Å². The first-order valence-corrected chi connectivity index (χ1v) is 8.01. The molecule has 2 aromatic carbocycles. The molecule has 0 bridgehead atoms. The lowest BCUT2D eigenvalue weighted by molar-refractivity contribution is 0.0856. The molecule has 0 aliphatic carbocycles. The molecule has 2 nitrogen and oxygen atoms in total. The Labute approximate surface area is 133 Å². The van der Waals surface area contributed by atoms with Crippen molar-refractivity contribution in [3.63, 3.8) is 0 Å². The number of carbonyl (C=O) groups is 1. The van der Waals surface area contributed by atoms with Crippen LogP contribution < -0.4 is 0 Å². The van der Waals surface area contributed by atoms with Gasteiger partial charge in [0.25, 0.3) is 0 Å². The van der Waals surface area contributed by atoms with Crippen molar-refractivity contribution in [3.05, 3.63) is 69.7 Å². The maximum atomic E-state index is 12.8. The van der Waals surface area contributed by atoms with E-state index in [9.17, 15) is 4.79 Å². The first-order valence-electron chi connectivity index (χ1n) is 7.22. The van der Waals surface area contributed by atoms with E-state index in [-0.39, 0.29) is 11.8 Å². The van der Waals surface area contributed by atoms with Crippen LogP contribution in [-0.2, 0) is 12.8 Å². The molecular weight excluding hydrogens is 326 g/mol. The van der Waals surface area contributed by atoms with Gasteiger partial charge in [-0.05, 0) is 43.1 Å². The Morgan fingerprint density at radius 1 is 1.10 bits per heavy atom. The SMILES string of the molecule is CN1CCc2ccccc2CC1C(=O)c1ccc(Br)cc1. The molecule has 1 aliphatic heterocycles. The highest BCUT2D eigenvalue weighted by molar-refractivity contribution is 9.10. The summed E-state index contributed by atoms with van der Waals surface area (Å²) in [6.07, 6.45) is 1.80. The van der Waals surface area contributed by atoms with Gasteiger partial charge in [0.2, 0.25) is 0 Å². The smallest absolute Gasteiger partial charge is 0.180 e. The van der Waals surface area contributed by atoms with Crippen LogP contribution in [0.15, 0.2) is 53.0 Å². The fourth-order valence-electron chi connectivity index (χ4n) is 2.92. The monoisotopic (exact) mass is 343 g/mol. The first-order chi connectivity index (χ1) is 10.1. The summed E-state index contributed by atoms with van der Waals surface area (Å²) in [6.45, 7) is 0.921. The maximum absolute atomic E-state index is 12.8. The van der Waals surface area contributed by atoms with E-state index < -0.39 is 0 Å². The number of hydrogen-bond acceptors (Lipinski definition) is 2. The number of nitrogens with zero attached hydrogens (tertiary/aromatic N) is 1. The number of rotatable bonds is 2. The second-order valence-corrected chi connectivity index (χ2v) is 6.51. The highest BCUT2D eigenvalue weighted by Crippen LogP contribution is 2.22. The molecule has 108 valence electrons. The van der Waals surface area contributed by atoms with Gasteiger partial charge in [0.05, 0.1) is 6.04 Å². The third-order valence-electron chi connectivity index (χ3n) is 4.23. The Morgan fingerprint density at radius 3 is 2.48 bits per heavy atom. The molecule has 3 rings (SSSR count). The lowest BCUT2D eigenvalue weighted by atomic mass is 9.95. The average Bonchev–Trinajstić information content (AvgIpc) is 2.67. The van der Waals surface area contributed by atoms with Crippen LogP contribution in [0.5, 0.6) is 0 Å². The number of Topliss-reactive ketones (excluding diaryl/α,β-unsaturated/α-hetero) is 1. The van der Waals surface area contributed by atoms with Gasteiger partial charge >= 0.3 is 0 Å². The molecule has 3 heteroatoms. The Hall–Kier alpha value is -1.45. The van der Waals surface area contributed by atoms with E-state index in [4.69, 9.17) is 0 Å². The summed E-state index contributed by atoms with van der Waals surface area (Å²) in [7, 11) is 2.05. The minimum absolute atomic E-state index is 0.0742. The number of benzene rings is 2. The highest BCUT2D eigenvalue weighted by Gasteiger charge is 2.27. The van der Waals surface area contributed by atoms with E-state index in [1.165, 1.54) is 11.1 Å². The number of hydrogen-bond donors (Lipinski definition) is 0. The van der Waals surface area contributed by atoms with Gasteiger partial charge in [0.1, 0.15) is 0 Å². The quantitative estimate of drug-likeness (QED) is 0.774. The largest absolute Gasteiger partial charge is 0.296 e. The van der Waals surface area contributed by atoms with Gasteiger partial charge in [-0.25, -0.2) is 0 Å². The molecule has 21 heavy (non-hydrogen) atoms. The van der Waals surface area contributed by atoms with E-state index in [2.05, 4.69) is 45.1 Å². The zero-order chi connectivity index (χ0) is 14.8. The highest BCUT2D eigenvalue weighted by atomic mass is 79.9. The van der Waals surface area contributed by atoms with Crippen LogP contribution in [0.25, 0.3) is 0 Å². The molecule has 0 N–H and O–H groups in total. The van der Waals surface area contributed by atoms with E-state index in [1.54, 1.807) is 0 Å². The van der Waals surface area contributed by atoms with E-state index >= 15 is 0 Å². The van der Waals surface area contributed by atoms with Gasteiger partial charge in [-0.15, -0.1) is 0 Å². The predicted molar refractivity (Wildman–Crippen MR) is 88.7 cm³/mol. The standard InChI is InChI=1S/C18H18BrNO/c1-20-11-10-13-4-2-3-5-15(13)12-17(20)18(21)14-6-8-16(19)9-7-14/h2-9,17H,10-12H2,1H3. The second kappa shape index (κ2) is 6.12. The fraction of sp³-hybridized carbons (Fsp3) is 0.278. The Bertz CT molecular complexity index is 651. The minimum Gasteiger partial charge on any atom is -0.296 e. The van der Waals surface area contributed by atoms with Crippen molar-refractivity contribution in [2.45, 2.75) is 18.9 Å². The minimum atomic E-state index is -0.0742. The zero-order valence-corrected chi connectivity index (χ0v) is 13.6. The van der Waals surface area contributed by atoms with Crippen molar-refractivity contribution in [3.8, 4) is 0 Å². The summed E-state index contributed by atoms with van der Waals surface area (Å²) < 4.78 is 0.999. The first kappa shape index (κ1) is 14.5. The molecule has 0 fully saturated rings. The molecule has 1 unspecified atom stereocenters. The van der Waals surface area contributed by atoms with Crippen LogP contribution in [0.1, 0.15) is 21.5 Å². The Morgan fingerprint density at radius 2 is 1.76 bits per heavy atom. The van der Waals surface area contributed by atoms with Gasteiger partial charge in [0, 0.05) is 16.6 Å². The summed E-state index contributed by atoms with van der Waals surface area (Å²) in [6, 6.07) is 16.0. The van der Waals surface area contributed by atoms with E-state index in [0.717, 1.165) is 29.4 Å². The molecule has 1 atom stereocenters. The summed E-state index contributed by atoms with van der Waals surface area (Å²) in [5, 5.41) is 0. The lowest BCUT2D eigenvalue weighted by Gasteiger charge is -2.24. The Balaban J connectivity index is 1.90. The summed E-state index contributed by atoms with van der Waals surface area (Å²) in [4.78, 5) is 15.0. The second-order valence-electron chi connectivity index (χ2n) is 5.59. The normalized spacial score (nSPS) is 18.9. The van der Waals surface area contributed by atoms with E-state index in [0.29, 0.717) is 0 Å². The molecular formula is C18H18BrNO. The molecule has 0 aromatic heterocycles. The maximum Gasteiger partial charge on any atom is 0.180 e. The van der Waals surface area contributed by atoms with Crippen molar-refractivity contribution >= 4 is 21.7 Å². The van der Waals surface area contributed by atoms with Gasteiger partial charge in [-0.1, -0.05) is 52.3 Å². The topological polar surface area (TPSA) is 20.3 Å². The van der Waals surface area contributed by atoms with Crippen molar-refractivity contribution in [2.24, 2.45) is 0 Å². The molecule has 0 saturated heterocycles. The van der Waals surface area contributed by atoms with Crippen molar-refractivity contribution < 1.29 is 4.79 Å². The van der Waals surface area contributed by atoms with Gasteiger partial charge in [-0.3, -0.25) is 9.69 Å². The van der Waals surface area contributed by atoms with Crippen LogP contribution in [0.2, 0.25) is 0 Å². The average molecular weight is 344 g/mol. The van der Waals surface area contributed by atoms with Gasteiger partial charge in [-0.2, -0.15) is 0 Å². The third-order valence-corrected chi connectivity index (χ3v) is 4.76. The molecule has 1 heterocycles. The molecule has 0 radical (unpaired) electrons. The summed E-state index contributed by atoms with van der Waals surface area (Å²) >= 11 is 3.41. The molecule has 2 aromatic rings. The van der Waals surface area contributed by atoms with Crippen molar-refractivity contribution in [1.82, 2.24) is 4.90 Å². The van der Waals surface area contributed by atoms with Crippen molar-refractivity contribution in [1.29, 1.82) is 0 Å². The number of fused-ring (bicyclic) bond motifs is 1. The third kappa shape index (κ3) is 3.09. The van der Waals surface area contributed by atoms with Crippen LogP contribution >= 0.6 is 15.9 Å². The van der Waals surface area contributed by atoms with Crippen LogP contribution in [0.4, 0.5) is 0 Å². The molecule has 1 aliphatic rings. The number of likely N-dealkylation sites (N-methyl/N-ethyl adjacent to an activating group) is 1. The van der Waals surface area contributed by atoms with Crippen molar-refractivity contribution in [2.75, 3.05) is 13.6 Å². The van der Waals surface area contributed by atoms with Gasteiger partial charge < -0.3 is 0 Å². The molecule has 0 amide bonds. The molecule has 0 saturated carbocycles. The van der Waals surface area contributed by atoms with E-state index in [1.807, 2.05) is 31.3 Å². The molecule has 0 spiro atoms. The van der Waals surface area contributed by atoms with Crippen LogP contribution in [0, 0.1) is 0 Å². The zero-order valence-electron chi connectivity index (χ0n) is 12.1. The predicted octanol–water partition coefficient (Wildman–Crippen LogP) is 3.73. The number of carbonyl (C=O) groups excluding carboxylic acids is 1. The summed E-state index contributed by atoms with van der Waals surface area (Å²) in [5.41, 5.74) is 3.46. The Kier molecular flexibility index (Phi) is 4.22. The van der Waals surface area contributed by atoms with Crippen LogP contribution in [0.3, 0.4) is 0 Å². The number of halogens is 1. The fourth-order valence-corrected chi connectivity index (χ4v) is 3.18. The lowest BCUT2D eigenvalue weighted by Crippen LogP contribution is -2.39. The summed E-state index contributed by atoms with van der Waals surface area (Å²) in [5.74, 6) is 0.210. The number of ketones is 1. The van der Waals surface area contributed by atoms with Gasteiger partial charge in [0.15, 0.2) is 5.78 Å².